The van der Waals surface area contributed by atoms with Gasteiger partial charge in [0.1, 0.15) is 5.82 Å². The van der Waals surface area contributed by atoms with Gasteiger partial charge >= 0.3 is 0 Å². The maximum Gasteiger partial charge on any atom is 0.222 e. The van der Waals surface area contributed by atoms with E-state index in [1.165, 1.54) is 19.4 Å². The highest BCUT2D eigenvalue weighted by molar-refractivity contribution is 5.45. The number of anilines is 2. The largest absolute Gasteiger partial charge is 0.381 e. The number of aromatic nitrogens is 2. The molecule has 6 heteroatoms. The lowest BCUT2D eigenvalue weighted by molar-refractivity contribution is 0.193. The van der Waals surface area contributed by atoms with Crippen molar-refractivity contribution in [2.75, 3.05) is 56.6 Å². The first-order valence-corrected chi connectivity index (χ1v) is 8.45. The Morgan fingerprint density at radius 1 is 1.27 bits per heavy atom. The summed E-state index contributed by atoms with van der Waals surface area (Å²) in [6, 6.07) is 2.11. The van der Waals surface area contributed by atoms with E-state index in [-0.39, 0.29) is 0 Å². The van der Waals surface area contributed by atoms with Crippen LogP contribution in [-0.4, -0.2) is 60.8 Å². The standard InChI is InChI=1S/C16H27N5O/c1-2-3-5-20-6-8-21(9-7-20)15-11-14(18-16(17)19-15)13-4-10-22-12-13/h11,13H,2-10,12H2,1H3,(H2,17,18,19)/t13-/m1/s1. The zero-order chi connectivity index (χ0) is 15.4. The van der Waals surface area contributed by atoms with Crippen molar-refractivity contribution in [3.8, 4) is 0 Å². The van der Waals surface area contributed by atoms with Crippen molar-refractivity contribution >= 4 is 11.8 Å². The lowest BCUT2D eigenvalue weighted by atomic mass is 10.0. The Kier molecular flexibility index (Phi) is 5.10. The van der Waals surface area contributed by atoms with E-state index in [0.29, 0.717) is 11.9 Å². The van der Waals surface area contributed by atoms with E-state index in [4.69, 9.17) is 10.5 Å². The zero-order valence-corrected chi connectivity index (χ0v) is 13.5. The number of nitrogens with two attached hydrogens (primary N) is 1. The van der Waals surface area contributed by atoms with Gasteiger partial charge in [-0.2, -0.15) is 4.98 Å². The number of nitrogen functional groups attached to an aromatic ring is 1. The molecule has 2 aliphatic rings. The van der Waals surface area contributed by atoms with E-state index >= 15 is 0 Å². The van der Waals surface area contributed by atoms with Crippen molar-refractivity contribution in [2.24, 2.45) is 0 Å². The summed E-state index contributed by atoms with van der Waals surface area (Å²) in [7, 11) is 0. The van der Waals surface area contributed by atoms with E-state index in [1.54, 1.807) is 0 Å². The van der Waals surface area contributed by atoms with Crippen LogP contribution in [0.3, 0.4) is 0 Å². The highest BCUT2D eigenvalue weighted by atomic mass is 16.5. The van der Waals surface area contributed by atoms with Crippen LogP contribution in [0, 0.1) is 0 Å². The molecule has 0 radical (unpaired) electrons. The molecule has 2 aliphatic heterocycles. The molecule has 3 rings (SSSR count). The quantitative estimate of drug-likeness (QED) is 0.889. The molecule has 2 saturated heterocycles. The van der Waals surface area contributed by atoms with Crippen molar-refractivity contribution in [2.45, 2.75) is 32.1 Å². The molecule has 1 atom stereocenters. The van der Waals surface area contributed by atoms with E-state index < -0.39 is 0 Å². The summed E-state index contributed by atoms with van der Waals surface area (Å²) in [5, 5.41) is 0. The summed E-state index contributed by atoms with van der Waals surface area (Å²) in [6.45, 7) is 9.26. The number of rotatable bonds is 5. The van der Waals surface area contributed by atoms with Gasteiger partial charge in [-0.1, -0.05) is 13.3 Å². The molecule has 0 bridgehead atoms. The molecule has 0 aromatic carbocycles. The Morgan fingerprint density at radius 3 is 2.77 bits per heavy atom. The highest BCUT2D eigenvalue weighted by Gasteiger charge is 2.23. The van der Waals surface area contributed by atoms with Crippen LogP contribution >= 0.6 is 0 Å². The third-order valence-corrected chi connectivity index (χ3v) is 4.62. The summed E-state index contributed by atoms with van der Waals surface area (Å²) in [5.74, 6) is 1.73. The van der Waals surface area contributed by atoms with Gasteiger partial charge in [0, 0.05) is 44.8 Å². The van der Waals surface area contributed by atoms with Gasteiger partial charge in [-0.05, 0) is 19.4 Å². The van der Waals surface area contributed by atoms with Gasteiger partial charge in [0.05, 0.1) is 12.3 Å². The van der Waals surface area contributed by atoms with Crippen LogP contribution in [0.15, 0.2) is 6.07 Å². The van der Waals surface area contributed by atoms with E-state index in [1.807, 2.05) is 0 Å². The molecular weight excluding hydrogens is 278 g/mol. The van der Waals surface area contributed by atoms with Gasteiger partial charge in [0.15, 0.2) is 0 Å². The number of ether oxygens (including phenoxy) is 1. The Bertz CT molecular complexity index is 481. The highest BCUT2D eigenvalue weighted by Crippen LogP contribution is 2.27. The third kappa shape index (κ3) is 3.67. The molecule has 0 spiro atoms. The van der Waals surface area contributed by atoms with E-state index in [0.717, 1.165) is 57.3 Å². The van der Waals surface area contributed by atoms with Crippen LogP contribution in [0.2, 0.25) is 0 Å². The molecule has 2 N–H and O–H groups in total. The molecule has 1 aromatic heterocycles. The monoisotopic (exact) mass is 305 g/mol. The maximum absolute atomic E-state index is 5.93. The molecule has 122 valence electrons. The lowest BCUT2D eigenvalue weighted by Crippen LogP contribution is -2.47. The normalized spacial score (nSPS) is 23.1. The molecule has 0 saturated carbocycles. The Labute approximate surface area is 132 Å². The van der Waals surface area contributed by atoms with Gasteiger partial charge in [0.25, 0.3) is 0 Å². The van der Waals surface area contributed by atoms with Crippen LogP contribution in [0.4, 0.5) is 11.8 Å². The average molecular weight is 305 g/mol. The van der Waals surface area contributed by atoms with Gasteiger partial charge in [-0.15, -0.1) is 0 Å². The Hall–Kier alpha value is -1.40. The molecule has 0 unspecified atom stereocenters. The van der Waals surface area contributed by atoms with E-state index in [9.17, 15) is 0 Å². The molecular formula is C16H27N5O. The van der Waals surface area contributed by atoms with E-state index in [2.05, 4.69) is 32.8 Å². The molecule has 2 fully saturated rings. The predicted molar refractivity (Wildman–Crippen MR) is 88.2 cm³/mol. The molecule has 22 heavy (non-hydrogen) atoms. The minimum Gasteiger partial charge on any atom is -0.381 e. The fourth-order valence-corrected chi connectivity index (χ4v) is 3.19. The Morgan fingerprint density at radius 2 is 2.09 bits per heavy atom. The molecule has 3 heterocycles. The first-order valence-electron chi connectivity index (χ1n) is 8.45. The number of hydrogen-bond acceptors (Lipinski definition) is 6. The minimum absolute atomic E-state index is 0.370. The third-order valence-electron chi connectivity index (χ3n) is 4.62. The van der Waals surface area contributed by atoms with Gasteiger partial charge in [0.2, 0.25) is 5.95 Å². The number of hydrogen-bond donors (Lipinski definition) is 1. The van der Waals surface area contributed by atoms with Crippen molar-refractivity contribution in [1.29, 1.82) is 0 Å². The van der Waals surface area contributed by atoms with Crippen LogP contribution in [0.25, 0.3) is 0 Å². The summed E-state index contributed by atoms with van der Waals surface area (Å²) < 4.78 is 5.47. The number of unbranched alkanes of at least 4 members (excludes halogenated alkanes) is 1. The smallest absolute Gasteiger partial charge is 0.222 e. The summed E-state index contributed by atoms with van der Waals surface area (Å²) in [4.78, 5) is 13.7. The summed E-state index contributed by atoms with van der Waals surface area (Å²) >= 11 is 0. The SMILES string of the molecule is CCCCN1CCN(c2cc([C@@H]3CCOC3)nc(N)n2)CC1. The van der Waals surface area contributed by atoms with Gasteiger partial charge in [-0.25, -0.2) is 4.98 Å². The fraction of sp³-hybridized carbons (Fsp3) is 0.750. The first kappa shape index (κ1) is 15.5. The lowest BCUT2D eigenvalue weighted by Gasteiger charge is -2.35. The zero-order valence-electron chi connectivity index (χ0n) is 13.5. The van der Waals surface area contributed by atoms with Crippen molar-refractivity contribution < 1.29 is 4.74 Å². The fourth-order valence-electron chi connectivity index (χ4n) is 3.19. The summed E-state index contributed by atoms with van der Waals surface area (Å²) in [6.07, 6.45) is 3.57. The molecule has 1 aromatic rings. The second-order valence-corrected chi connectivity index (χ2v) is 6.25. The molecule has 0 amide bonds. The second kappa shape index (κ2) is 7.24. The van der Waals surface area contributed by atoms with Crippen molar-refractivity contribution in [3.63, 3.8) is 0 Å². The minimum atomic E-state index is 0.370. The average Bonchev–Trinajstić information content (AvgIpc) is 3.07. The second-order valence-electron chi connectivity index (χ2n) is 6.25. The number of piperazine rings is 1. The van der Waals surface area contributed by atoms with Crippen LogP contribution in [-0.2, 0) is 4.74 Å². The van der Waals surface area contributed by atoms with Crippen molar-refractivity contribution in [1.82, 2.24) is 14.9 Å². The summed E-state index contributed by atoms with van der Waals surface area (Å²) in [5.41, 5.74) is 6.96. The number of nitrogens with zero attached hydrogens (tertiary/aromatic N) is 4. The maximum atomic E-state index is 5.93. The van der Waals surface area contributed by atoms with Gasteiger partial charge in [-0.3, -0.25) is 4.90 Å². The van der Waals surface area contributed by atoms with Crippen LogP contribution in [0.1, 0.15) is 37.8 Å². The van der Waals surface area contributed by atoms with Gasteiger partial charge < -0.3 is 15.4 Å². The first-order chi connectivity index (χ1) is 10.8. The van der Waals surface area contributed by atoms with Crippen LogP contribution in [0.5, 0.6) is 0 Å². The Balaban J connectivity index is 1.65. The van der Waals surface area contributed by atoms with Crippen molar-refractivity contribution in [3.05, 3.63) is 11.8 Å². The molecule has 0 aliphatic carbocycles. The molecule has 6 nitrogen and oxygen atoms in total. The predicted octanol–water partition coefficient (Wildman–Crippen LogP) is 1.48. The topological polar surface area (TPSA) is 67.5 Å². The van der Waals surface area contributed by atoms with Crippen LogP contribution < -0.4 is 10.6 Å².